The summed E-state index contributed by atoms with van der Waals surface area (Å²) in [5.41, 5.74) is 0. The summed E-state index contributed by atoms with van der Waals surface area (Å²) in [7, 11) is 0. The van der Waals surface area contributed by atoms with Gasteiger partial charge in [-0.2, -0.15) is 0 Å². The van der Waals surface area contributed by atoms with Crippen LogP contribution in [-0.2, 0) is 38.2 Å². The average molecular weight is 473 g/mol. The van der Waals surface area contributed by atoms with E-state index in [9.17, 15) is 28.8 Å². The van der Waals surface area contributed by atoms with Crippen LogP contribution in [0.15, 0.2) is 0 Å². The Morgan fingerprint density at radius 2 is 0.576 bits per heavy atom. The summed E-state index contributed by atoms with van der Waals surface area (Å²) in [6.07, 6.45) is 7.09. The quantitative estimate of drug-likeness (QED) is 0.151. The lowest BCUT2D eigenvalue weighted by atomic mass is 10.1. The number of carbonyl (C=O) groups is 6. The highest BCUT2D eigenvalue weighted by molar-refractivity contribution is 5.85. The molecule has 0 fully saturated rings. The lowest BCUT2D eigenvalue weighted by Crippen LogP contribution is -2.12. The zero-order valence-electron chi connectivity index (χ0n) is 19.2. The molecule has 0 heterocycles. The fraction of sp³-hybridized carbons (Fsp3) is 0.739. The maximum atomic E-state index is 11.6. The number of hydrogen-bond donors (Lipinski definition) is 2. The molecule has 188 valence electrons. The minimum absolute atomic E-state index is 0.0604. The molecule has 0 aromatic carbocycles. The lowest BCUT2D eigenvalue weighted by Gasteiger charge is -2.04. The molecule has 2 N–H and O–H groups in total. The summed E-state index contributed by atoms with van der Waals surface area (Å²) < 4.78 is 9.43. The molecule has 0 aliphatic carbocycles. The molecule has 0 spiro atoms. The van der Waals surface area contributed by atoms with Gasteiger partial charge >= 0.3 is 35.8 Å². The molecule has 0 amide bonds. The first-order chi connectivity index (χ1) is 15.7. The van der Waals surface area contributed by atoms with Gasteiger partial charge in [-0.05, 0) is 38.5 Å². The lowest BCUT2D eigenvalue weighted by molar-refractivity contribution is -0.161. The fourth-order valence-electron chi connectivity index (χ4n) is 2.97. The molecule has 0 saturated carbocycles. The van der Waals surface area contributed by atoms with Crippen molar-refractivity contribution in [3.63, 3.8) is 0 Å². The molecule has 0 radical (unpaired) electrons. The van der Waals surface area contributed by atoms with Gasteiger partial charge in [0.25, 0.3) is 0 Å². The van der Waals surface area contributed by atoms with E-state index < -0.39 is 35.8 Å². The number of carbonyl (C=O) groups excluding carboxylic acids is 4. The maximum absolute atomic E-state index is 11.6. The van der Waals surface area contributed by atoms with Gasteiger partial charge in [0.1, 0.15) is 0 Å². The number of hydrogen-bond acceptors (Lipinski definition) is 8. The number of ether oxygens (including phenoxy) is 2. The highest BCUT2D eigenvalue weighted by Gasteiger charge is 2.12. The van der Waals surface area contributed by atoms with Gasteiger partial charge in [0, 0.05) is 38.5 Å². The zero-order chi connectivity index (χ0) is 24.9. The molecular weight excluding hydrogens is 436 g/mol. The number of carboxylic acid groups (broad SMARTS) is 2. The second-order valence-corrected chi connectivity index (χ2v) is 7.87. The third-order valence-electron chi connectivity index (χ3n) is 4.76. The standard InChI is InChI=1S/C23H36O10/c24-18(25)12-6-4-10-16-22(30)32-20(28)14-8-2-1-3-9-15-21(29)33-23(31)17-11-5-7-13-19(26)27/h1-17H2,(H,24,25)(H,26,27). The molecule has 0 aromatic rings. The molecule has 0 aromatic heterocycles. The largest absolute Gasteiger partial charge is 0.481 e. The van der Waals surface area contributed by atoms with Crippen LogP contribution in [0, 0.1) is 0 Å². The van der Waals surface area contributed by atoms with Crippen LogP contribution >= 0.6 is 0 Å². The van der Waals surface area contributed by atoms with Crippen molar-refractivity contribution in [2.75, 3.05) is 0 Å². The van der Waals surface area contributed by atoms with Crippen LogP contribution in [0.3, 0.4) is 0 Å². The minimum atomic E-state index is -0.874. The Labute approximate surface area is 194 Å². The monoisotopic (exact) mass is 472 g/mol. The summed E-state index contributed by atoms with van der Waals surface area (Å²) in [6.45, 7) is 0. The van der Waals surface area contributed by atoms with E-state index in [2.05, 4.69) is 0 Å². The second-order valence-electron chi connectivity index (χ2n) is 7.87. The highest BCUT2D eigenvalue weighted by atomic mass is 16.6. The highest BCUT2D eigenvalue weighted by Crippen LogP contribution is 2.10. The second kappa shape index (κ2) is 19.9. The van der Waals surface area contributed by atoms with Crippen LogP contribution < -0.4 is 0 Å². The van der Waals surface area contributed by atoms with E-state index in [0.717, 1.165) is 19.3 Å². The van der Waals surface area contributed by atoms with Crippen molar-refractivity contribution in [3.05, 3.63) is 0 Å². The molecule has 0 aliphatic heterocycles. The van der Waals surface area contributed by atoms with Crippen molar-refractivity contribution >= 4 is 35.8 Å². The van der Waals surface area contributed by atoms with Gasteiger partial charge in [0.05, 0.1) is 0 Å². The van der Waals surface area contributed by atoms with Crippen LogP contribution in [0.1, 0.15) is 109 Å². The first-order valence-corrected chi connectivity index (χ1v) is 11.6. The molecule has 0 unspecified atom stereocenters. The van der Waals surface area contributed by atoms with E-state index in [1.165, 1.54) is 0 Å². The van der Waals surface area contributed by atoms with E-state index >= 15 is 0 Å². The van der Waals surface area contributed by atoms with Crippen molar-refractivity contribution in [1.29, 1.82) is 0 Å². The Bertz CT molecular complexity index is 587. The Morgan fingerprint density at radius 1 is 0.364 bits per heavy atom. The molecule has 0 rings (SSSR count). The topological polar surface area (TPSA) is 161 Å². The van der Waals surface area contributed by atoms with Gasteiger partial charge in [0.2, 0.25) is 0 Å². The Kier molecular flexibility index (Phi) is 18.2. The number of carboxylic acids is 2. The van der Waals surface area contributed by atoms with Gasteiger partial charge in [-0.15, -0.1) is 0 Å². The Balaban J connectivity index is 3.57. The number of unbranched alkanes of at least 4 members (excludes halogenated alkanes) is 8. The first-order valence-electron chi connectivity index (χ1n) is 11.6. The third kappa shape index (κ3) is 22.2. The maximum Gasteiger partial charge on any atom is 0.313 e. The Hall–Kier alpha value is -2.78. The third-order valence-corrected chi connectivity index (χ3v) is 4.76. The van der Waals surface area contributed by atoms with Gasteiger partial charge in [-0.25, -0.2) is 0 Å². The van der Waals surface area contributed by atoms with E-state index in [-0.39, 0.29) is 38.5 Å². The molecule has 0 bridgehead atoms. The molecule has 0 atom stereocenters. The normalized spacial score (nSPS) is 10.4. The van der Waals surface area contributed by atoms with Gasteiger partial charge < -0.3 is 19.7 Å². The molecule has 10 heteroatoms. The van der Waals surface area contributed by atoms with Gasteiger partial charge in [-0.1, -0.05) is 32.1 Å². The number of rotatable bonds is 20. The molecule has 0 saturated heterocycles. The molecule has 10 nitrogen and oxygen atoms in total. The predicted octanol–water partition coefficient (Wildman–Crippen LogP) is 3.93. The average Bonchev–Trinajstić information content (AvgIpc) is 2.72. The van der Waals surface area contributed by atoms with Crippen LogP contribution in [0.2, 0.25) is 0 Å². The summed E-state index contributed by atoms with van der Waals surface area (Å²) >= 11 is 0. The Morgan fingerprint density at radius 3 is 0.848 bits per heavy atom. The summed E-state index contributed by atoms with van der Waals surface area (Å²) in [6, 6.07) is 0. The summed E-state index contributed by atoms with van der Waals surface area (Å²) in [5, 5.41) is 17.0. The van der Waals surface area contributed by atoms with Gasteiger partial charge in [0.15, 0.2) is 0 Å². The van der Waals surface area contributed by atoms with Crippen molar-refractivity contribution in [2.24, 2.45) is 0 Å². The van der Waals surface area contributed by atoms with Crippen molar-refractivity contribution in [2.45, 2.75) is 109 Å². The summed E-state index contributed by atoms with van der Waals surface area (Å²) in [5.74, 6) is -4.08. The SMILES string of the molecule is O=C(O)CCCCCC(=O)OC(=O)CCCCCCCC(=O)OC(=O)CCCCCC(=O)O. The van der Waals surface area contributed by atoms with E-state index in [1.807, 2.05) is 0 Å². The van der Waals surface area contributed by atoms with Crippen LogP contribution in [-0.4, -0.2) is 46.0 Å². The zero-order valence-corrected chi connectivity index (χ0v) is 19.2. The van der Waals surface area contributed by atoms with Crippen LogP contribution in [0.5, 0.6) is 0 Å². The minimum Gasteiger partial charge on any atom is -0.481 e. The van der Waals surface area contributed by atoms with Crippen molar-refractivity contribution < 1.29 is 48.5 Å². The summed E-state index contributed by atoms with van der Waals surface area (Å²) in [4.78, 5) is 67.0. The molecule has 0 aliphatic rings. The van der Waals surface area contributed by atoms with Crippen molar-refractivity contribution in [3.8, 4) is 0 Å². The smallest absolute Gasteiger partial charge is 0.313 e. The van der Waals surface area contributed by atoms with E-state index in [4.69, 9.17) is 19.7 Å². The van der Waals surface area contributed by atoms with Crippen LogP contribution in [0.4, 0.5) is 0 Å². The fourth-order valence-corrected chi connectivity index (χ4v) is 2.97. The van der Waals surface area contributed by atoms with Crippen LogP contribution in [0.25, 0.3) is 0 Å². The number of esters is 4. The van der Waals surface area contributed by atoms with Gasteiger partial charge in [-0.3, -0.25) is 28.8 Å². The first kappa shape index (κ1) is 30.2. The van der Waals surface area contributed by atoms with E-state index in [1.54, 1.807) is 0 Å². The number of aliphatic carboxylic acids is 2. The molecular formula is C23H36O10. The van der Waals surface area contributed by atoms with E-state index in [0.29, 0.717) is 51.4 Å². The predicted molar refractivity (Wildman–Crippen MR) is 116 cm³/mol. The molecule has 33 heavy (non-hydrogen) atoms. The van der Waals surface area contributed by atoms with Crippen molar-refractivity contribution in [1.82, 2.24) is 0 Å².